The highest BCUT2D eigenvalue weighted by molar-refractivity contribution is 5.79. The Morgan fingerprint density at radius 1 is 1.19 bits per heavy atom. The lowest BCUT2D eigenvalue weighted by molar-refractivity contribution is 0.129. The Hall–Kier alpha value is -2.04. The summed E-state index contributed by atoms with van der Waals surface area (Å²) < 4.78 is 10.6. The zero-order valence-corrected chi connectivity index (χ0v) is 12.1. The van der Waals surface area contributed by atoms with Crippen LogP contribution < -0.4 is 5.32 Å². The van der Waals surface area contributed by atoms with Gasteiger partial charge in [-0.15, -0.1) is 0 Å². The highest BCUT2D eigenvalue weighted by atomic mass is 16.5. The Morgan fingerprint density at radius 3 is 2.62 bits per heavy atom. The van der Waals surface area contributed by atoms with E-state index >= 15 is 0 Å². The first-order valence-corrected chi connectivity index (χ1v) is 7.42. The van der Waals surface area contributed by atoms with Crippen molar-refractivity contribution in [3.05, 3.63) is 35.9 Å². The first-order valence-electron chi connectivity index (χ1n) is 7.42. The second kappa shape index (κ2) is 8.29. The van der Waals surface area contributed by atoms with Crippen molar-refractivity contribution in [2.75, 3.05) is 6.54 Å². The zero-order chi connectivity index (χ0) is 14.9. The van der Waals surface area contributed by atoms with Crippen LogP contribution >= 0.6 is 0 Å². The van der Waals surface area contributed by atoms with Gasteiger partial charge in [0.05, 0.1) is 6.54 Å². The zero-order valence-electron chi connectivity index (χ0n) is 12.1. The van der Waals surface area contributed by atoms with E-state index in [-0.39, 0.29) is 25.2 Å². The second-order valence-electron chi connectivity index (χ2n) is 5.22. The van der Waals surface area contributed by atoms with Crippen LogP contribution in [-0.2, 0) is 16.1 Å². The summed E-state index contributed by atoms with van der Waals surface area (Å²) in [5.41, 5.74) is 0.932. The molecular weight excluding hydrogens is 268 g/mol. The summed E-state index contributed by atoms with van der Waals surface area (Å²) in [5.74, 6) is 0.0959. The number of benzene rings is 1. The third kappa shape index (κ3) is 5.85. The number of nitrogens with one attached hydrogen (secondary N) is 2. The van der Waals surface area contributed by atoms with Gasteiger partial charge in [0.25, 0.3) is 0 Å². The summed E-state index contributed by atoms with van der Waals surface area (Å²) in [4.78, 5) is 11.5. The Balaban J connectivity index is 1.60. The Labute approximate surface area is 125 Å². The van der Waals surface area contributed by atoms with Gasteiger partial charge in [0.2, 0.25) is 5.90 Å². The highest BCUT2D eigenvalue weighted by Gasteiger charge is 2.16. The van der Waals surface area contributed by atoms with Crippen molar-refractivity contribution < 1.29 is 14.3 Å². The van der Waals surface area contributed by atoms with Crippen LogP contribution in [0, 0.1) is 5.41 Å². The van der Waals surface area contributed by atoms with Crippen molar-refractivity contribution in [1.82, 2.24) is 5.32 Å². The fourth-order valence-corrected chi connectivity index (χ4v) is 2.35. The molecule has 0 aliphatic heterocycles. The van der Waals surface area contributed by atoms with Crippen molar-refractivity contribution in [2.24, 2.45) is 0 Å². The standard InChI is InChI=1S/C16H22N2O3/c17-15(21-14-9-5-2-6-10-14)11-18-16(19)20-12-13-7-3-1-4-8-13/h1,3-4,7-8,14,17H,2,5-6,9-12H2,(H,18,19). The fourth-order valence-electron chi connectivity index (χ4n) is 2.35. The summed E-state index contributed by atoms with van der Waals surface area (Å²) in [6.45, 7) is 0.299. The molecule has 5 heteroatoms. The van der Waals surface area contributed by atoms with E-state index in [1.807, 2.05) is 30.3 Å². The second-order valence-corrected chi connectivity index (χ2v) is 5.22. The Kier molecular flexibility index (Phi) is 6.06. The van der Waals surface area contributed by atoms with Crippen LogP contribution in [0.3, 0.4) is 0 Å². The molecular formula is C16H22N2O3. The van der Waals surface area contributed by atoms with Gasteiger partial charge in [0.15, 0.2) is 0 Å². The molecule has 114 valence electrons. The number of rotatable bonds is 5. The third-order valence-electron chi connectivity index (χ3n) is 3.47. The number of alkyl carbamates (subject to hydrolysis) is 1. The van der Waals surface area contributed by atoms with Crippen LogP contribution in [-0.4, -0.2) is 24.6 Å². The van der Waals surface area contributed by atoms with Crippen molar-refractivity contribution in [1.29, 1.82) is 5.41 Å². The molecule has 1 amide bonds. The maximum atomic E-state index is 11.5. The van der Waals surface area contributed by atoms with Crippen LogP contribution in [0.25, 0.3) is 0 Å². The van der Waals surface area contributed by atoms with Gasteiger partial charge in [0, 0.05) is 0 Å². The van der Waals surface area contributed by atoms with Gasteiger partial charge in [-0.2, -0.15) is 0 Å². The molecule has 0 radical (unpaired) electrons. The molecule has 21 heavy (non-hydrogen) atoms. The van der Waals surface area contributed by atoms with Crippen LogP contribution in [0.5, 0.6) is 0 Å². The van der Waals surface area contributed by atoms with Gasteiger partial charge in [-0.3, -0.25) is 5.41 Å². The van der Waals surface area contributed by atoms with E-state index in [0.717, 1.165) is 31.2 Å². The van der Waals surface area contributed by atoms with Gasteiger partial charge in [-0.25, -0.2) is 4.79 Å². The van der Waals surface area contributed by atoms with E-state index in [2.05, 4.69) is 5.32 Å². The molecule has 0 spiro atoms. The molecule has 2 N–H and O–H groups in total. The topological polar surface area (TPSA) is 71.4 Å². The van der Waals surface area contributed by atoms with E-state index in [1.54, 1.807) is 0 Å². The van der Waals surface area contributed by atoms with E-state index < -0.39 is 6.09 Å². The summed E-state index contributed by atoms with van der Waals surface area (Å²) in [6.07, 6.45) is 5.16. The van der Waals surface area contributed by atoms with Gasteiger partial charge in [-0.1, -0.05) is 36.8 Å². The minimum absolute atomic E-state index is 0.0735. The number of hydrogen-bond acceptors (Lipinski definition) is 4. The average Bonchev–Trinajstić information content (AvgIpc) is 2.53. The predicted molar refractivity (Wildman–Crippen MR) is 80.3 cm³/mol. The Morgan fingerprint density at radius 2 is 1.90 bits per heavy atom. The predicted octanol–water partition coefficient (Wildman–Crippen LogP) is 3.24. The molecule has 2 rings (SSSR count). The summed E-state index contributed by atoms with van der Waals surface area (Å²) in [5, 5.41) is 10.3. The minimum atomic E-state index is -0.532. The molecule has 1 aliphatic rings. The molecule has 0 unspecified atom stereocenters. The van der Waals surface area contributed by atoms with Gasteiger partial charge < -0.3 is 14.8 Å². The smallest absolute Gasteiger partial charge is 0.407 e. The van der Waals surface area contributed by atoms with E-state index in [9.17, 15) is 4.79 Å². The lowest BCUT2D eigenvalue weighted by Crippen LogP contribution is -2.33. The molecule has 0 heterocycles. The molecule has 1 aliphatic carbocycles. The first-order chi connectivity index (χ1) is 10.2. The van der Waals surface area contributed by atoms with Crippen LogP contribution in [0.1, 0.15) is 37.7 Å². The van der Waals surface area contributed by atoms with E-state index in [0.29, 0.717) is 0 Å². The maximum Gasteiger partial charge on any atom is 0.407 e. The largest absolute Gasteiger partial charge is 0.477 e. The van der Waals surface area contributed by atoms with E-state index in [4.69, 9.17) is 14.9 Å². The number of ether oxygens (including phenoxy) is 2. The van der Waals surface area contributed by atoms with Crippen LogP contribution in [0.2, 0.25) is 0 Å². The SMILES string of the molecule is N=C(CNC(=O)OCc1ccccc1)OC1CCCCC1. The van der Waals surface area contributed by atoms with Crippen molar-refractivity contribution in [3.63, 3.8) is 0 Å². The molecule has 5 nitrogen and oxygen atoms in total. The number of carbonyl (C=O) groups is 1. The lowest BCUT2D eigenvalue weighted by Gasteiger charge is -2.23. The molecule has 0 bridgehead atoms. The number of hydrogen-bond donors (Lipinski definition) is 2. The number of carbonyl (C=O) groups excluding carboxylic acids is 1. The highest BCUT2D eigenvalue weighted by Crippen LogP contribution is 2.20. The normalized spacial score (nSPS) is 15.2. The van der Waals surface area contributed by atoms with Gasteiger partial charge >= 0.3 is 6.09 Å². The summed E-state index contributed by atoms with van der Waals surface area (Å²) in [6, 6.07) is 9.48. The fraction of sp³-hybridized carbons (Fsp3) is 0.500. The van der Waals surface area contributed by atoms with Crippen LogP contribution in [0.4, 0.5) is 4.79 Å². The van der Waals surface area contributed by atoms with Gasteiger partial charge in [-0.05, 0) is 31.2 Å². The molecule has 1 aromatic rings. The van der Waals surface area contributed by atoms with Crippen molar-refractivity contribution in [3.8, 4) is 0 Å². The maximum absolute atomic E-state index is 11.5. The minimum Gasteiger partial charge on any atom is -0.477 e. The van der Waals surface area contributed by atoms with Crippen molar-refractivity contribution in [2.45, 2.75) is 44.8 Å². The molecule has 1 fully saturated rings. The molecule has 0 aromatic heterocycles. The number of amides is 1. The summed E-state index contributed by atoms with van der Waals surface area (Å²) in [7, 11) is 0. The van der Waals surface area contributed by atoms with Crippen molar-refractivity contribution >= 4 is 12.0 Å². The molecule has 0 saturated heterocycles. The summed E-state index contributed by atoms with van der Waals surface area (Å²) >= 11 is 0. The molecule has 1 aromatic carbocycles. The van der Waals surface area contributed by atoms with Crippen LogP contribution in [0.15, 0.2) is 30.3 Å². The Bertz CT molecular complexity index is 456. The first kappa shape index (κ1) is 15.4. The lowest BCUT2D eigenvalue weighted by atomic mass is 9.98. The monoisotopic (exact) mass is 290 g/mol. The quantitative estimate of drug-likeness (QED) is 0.646. The third-order valence-corrected chi connectivity index (χ3v) is 3.47. The van der Waals surface area contributed by atoms with Gasteiger partial charge in [0.1, 0.15) is 12.7 Å². The molecule has 0 atom stereocenters. The molecule has 1 saturated carbocycles. The van der Waals surface area contributed by atoms with E-state index in [1.165, 1.54) is 6.42 Å². The average molecular weight is 290 g/mol.